The first kappa shape index (κ1) is 13.4. The Hall–Kier alpha value is -1.69. The topological polar surface area (TPSA) is 49.3 Å². The van der Waals surface area contributed by atoms with E-state index in [0.717, 1.165) is 0 Å². The smallest absolute Gasteiger partial charge is 0.337 e. The highest BCUT2D eigenvalue weighted by Crippen LogP contribution is 2.18. The first-order chi connectivity index (χ1) is 7.91. The molecule has 0 unspecified atom stereocenters. The second kappa shape index (κ2) is 5.58. The van der Waals surface area contributed by atoms with E-state index in [1.807, 2.05) is 5.32 Å². The number of halogens is 4. The van der Waals surface area contributed by atoms with Crippen LogP contribution in [0.25, 0.3) is 0 Å². The van der Waals surface area contributed by atoms with Gasteiger partial charge < -0.3 is 10.4 Å². The standard InChI is InChI=1S/C10H7ClF3NO2/c11-7-2-1-5(3-6(7)10(16)17)4-15-9(14)8(12)13/h1-3,15H,4H2,(H,16,17). The maximum atomic E-state index is 12.4. The van der Waals surface area contributed by atoms with E-state index in [-0.39, 0.29) is 17.1 Å². The van der Waals surface area contributed by atoms with Gasteiger partial charge in [0.25, 0.3) is 5.95 Å². The molecular formula is C10H7ClF3NO2. The van der Waals surface area contributed by atoms with E-state index in [9.17, 15) is 18.0 Å². The Kier molecular flexibility index (Phi) is 4.39. The molecule has 0 aromatic heterocycles. The zero-order valence-corrected chi connectivity index (χ0v) is 9.06. The molecule has 0 atom stereocenters. The molecule has 0 heterocycles. The molecule has 0 radical (unpaired) electrons. The van der Waals surface area contributed by atoms with Crippen molar-refractivity contribution < 1.29 is 23.1 Å². The monoisotopic (exact) mass is 265 g/mol. The molecule has 3 nitrogen and oxygen atoms in total. The SMILES string of the molecule is O=C(O)c1cc(CNC(F)=C(F)F)ccc1Cl. The number of rotatable bonds is 4. The van der Waals surface area contributed by atoms with E-state index in [4.69, 9.17) is 16.7 Å². The van der Waals surface area contributed by atoms with Gasteiger partial charge in [-0.05, 0) is 17.7 Å². The number of hydrogen-bond acceptors (Lipinski definition) is 2. The van der Waals surface area contributed by atoms with Crippen LogP contribution in [-0.2, 0) is 6.54 Å². The molecule has 2 N–H and O–H groups in total. The number of carbonyl (C=O) groups is 1. The molecule has 92 valence electrons. The van der Waals surface area contributed by atoms with Crippen LogP contribution in [0.15, 0.2) is 30.2 Å². The molecule has 0 aliphatic heterocycles. The van der Waals surface area contributed by atoms with Gasteiger partial charge >= 0.3 is 12.0 Å². The van der Waals surface area contributed by atoms with Crippen LogP contribution in [0.2, 0.25) is 5.02 Å². The van der Waals surface area contributed by atoms with Crippen molar-refractivity contribution in [1.29, 1.82) is 0 Å². The van der Waals surface area contributed by atoms with Crippen molar-refractivity contribution in [2.24, 2.45) is 0 Å². The summed E-state index contributed by atoms with van der Waals surface area (Å²) in [6.45, 7) is -0.263. The second-order valence-corrected chi connectivity index (χ2v) is 3.45. The van der Waals surface area contributed by atoms with Crippen LogP contribution in [-0.4, -0.2) is 11.1 Å². The van der Waals surface area contributed by atoms with Crippen molar-refractivity contribution in [2.75, 3.05) is 0 Å². The number of carboxylic acid groups (broad SMARTS) is 1. The van der Waals surface area contributed by atoms with Crippen LogP contribution in [0, 0.1) is 0 Å². The Bertz CT molecular complexity index is 473. The van der Waals surface area contributed by atoms with Crippen LogP contribution in [0.1, 0.15) is 15.9 Å². The lowest BCUT2D eigenvalue weighted by Gasteiger charge is -2.05. The lowest BCUT2D eigenvalue weighted by molar-refractivity contribution is 0.0697. The first-order valence-corrected chi connectivity index (χ1v) is 4.76. The third-order valence-electron chi connectivity index (χ3n) is 1.87. The fourth-order valence-electron chi connectivity index (χ4n) is 1.09. The molecule has 1 rings (SSSR count). The summed E-state index contributed by atoms with van der Waals surface area (Å²) in [5.74, 6) is -2.98. The normalized spacial score (nSPS) is 9.88. The highest BCUT2D eigenvalue weighted by Gasteiger charge is 2.10. The van der Waals surface area contributed by atoms with E-state index in [0.29, 0.717) is 5.56 Å². The number of benzene rings is 1. The Balaban J connectivity index is 2.84. The fraction of sp³-hybridized carbons (Fsp3) is 0.100. The van der Waals surface area contributed by atoms with Gasteiger partial charge in [-0.25, -0.2) is 4.79 Å². The Labute approximate surface area is 99.5 Å². The van der Waals surface area contributed by atoms with Gasteiger partial charge in [-0.15, -0.1) is 0 Å². The Morgan fingerprint density at radius 1 is 1.35 bits per heavy atom. The van der Waals surface area contributed by atoms with E-state index in [1.54, 1.807) is 0 Å². The number of aromatic carboxylic acids is 1. The molecule has 1 aromatic rings. The van der Waals surface area contributed by atoms with Crippen LogP contribution in [0.3, 0.4) is 0 Å². The molecule has 0 amide bonds. The largest absolute Gasteiger partial charge is 0.478 e. The third-order valence-corrected chi connectivity index (χ3v) is 2.20. The molecule has 0 saturated carbocycles. The summed E-state index contributed by atoms with van der Waals surface area (Å²) in [5.41, 5.74) is 0.152. The quantitative estimate of drug-likeness (QED) is 0.822. The highest BCUT2D eigenvalue weighted by atomic mass is 35.5. The van der Waals surface area contributed by atoms with Gasteiger partial charge in [-0.1, -0.05) is 17.7 Å². The molecule has 0 bridgehead atoms. The summed E-state index contributed by atoms with van der Waals surface area (Å²) < 4.78 is 35.9. The summed E-state index contributed by atoms with van der Waals surface area (Å²) in [7, 11) is 0. The van der Waals surface area contributed by atoms with Gasteiger partial charge in [-0.3, -0.25) is 0 Å². The van der Waals surface area contributed by atoms with Crippen LogP contribution >= 0.6 is 11.6 Å². The van der Waals surface area contributed by atoms with Crippen molar-refractivity contribution in [2.45, 2.75) is 6.54 Å². The van der Waals surface area contributed by atoms with Gasteiger partial charge in [0.2, 0.25) is 0 Å². The van der Waals surface area contributed by atoms with E-state index in [2.05, 4.69) is 0 Å². The van der Waals surface area contributed by atoms with Gasteiger partial charge in [0, 0.05) is 6.54 Å². The van der Waals surface area contributed by atoms with Gasteiger partial charge in [0.15, 0.2) is 0 Å². The van der Waals surface area contributed by atoms with Crippen LogP contribution in [0.4, 0.5) is 13.2 Å². The zero-order valence-electron chi connectivity index (χ0n) is 8.31. The summed E-state index contributed by atoms with van der Waals surface area (Å²) in [6.07, 6.45) is -2.46. The zero-order chi connectivity index (χ0) is 13.0. The van der Waals surface area contributed by atoms with Gasteiger partial charge in [0.1, 0.15) is 0 Å². The minimum atomic E-state index is -2.46. The average Bonchev–Trinajstić information content (AvgIpc) is 2.26. The molecule has 0 spiro atoms. The van der Waals surface area contributed by atoms with Crippen molar-refractivity contribution in [3.63, 3.8) is 0 Å². The summed E-state index contributed by atoms with van der Waals surface area (Å²) >= 11 is 5.60. The lowest BCUT2D eigenvalue weighted by Crippen LogP contribution is -2.11. The average molecular weight is 266 g/mol. The minimum absolute atomic E-state index is 0.0222. The van der Waals surface area contributed by atoms with Crippen LogP contribution < -0.4 is 5.32 Å². The van der Waals surface area contributed by atoms with E-state index in [1.165, 1.54) is 18.2 Å². The van der Waals surface area contributed by atoms with Crippen molar-refractivity contribution in [3.8, 4) is 0 Å². The minimum Gasteiger partial charge on any atom is -0.478 e. The maximum absolute atomic E-state index is 12.4. The number of carboxylic acids is 1. The van der Waals surface area contributed by atoms with Crippen molar-refractivity contribution in [3.05, 3.63) is 46.4 Å². The van der Waals surface area contributed by atoms with Gasteiger partial charge in [-0.2, -0.15) is 13.2 Å². The Morgan fingerprint density at radius 2 is 2.00 bits per heavy atom. The third kappa shape index (κ3) is 3.67. The molecule has 0 aliphatic carbocycles. The fourth-order valence-corrected chi connectivity index (χ4v) is 1.29. The number of nitrogens with one attached hydrogen (secondary N) is 1. The van der Waals surface area contributed by atoms with Gasteiger partial charge in [0.05, 0.1) is 10.6 Å². The van der Waals surface area contributed by atoms with Crippen molar-refractivity contribution >= 4 is 17.6 Å². The molecule has 7 heteroatoms. The maximum Gasteiger partial charge on any atom is 0.337 e. The van der Waals surface area contributed by atoms with Crippen molar-refractivity contribution in [1.82, 2.24) is 5.32 Å². The molecule has 17 heavy (non-hydrogen) atoms. The number of hydrogen-bond donors (Lipinski definition) is 2. The molecule has 0 saturated heterocycles. The predicted molar refractivity (Wildman–Crippen MR) is 55.6 cm³/mol. The summed E-state index contributed by atoms with van der Waals surface area (Å²) in [6, 6.07) is 3.89. The second-order valence-electron chi connectivity index (χ2n) is 3.05. The summed E-state index contributed by atoms with van der Waals surface area (Å²) in [4.78, 5) is 10.7. The molecular weight excluding hydrogens is 259 g/mol. The molecule has 0 fully saturated rings. The lowest BCUT2D eigenvalue weighted by atomic mass is 10.1. The molecule has 1 aromatic carbocycles. The molecule has 0 aliphatic rings. The van der Waals surface area contributed by atoms with E-state index < -0.39 is 18.0 Å². The Morgan fingerprint density at radius 3 is 2.53 bits per heavy atom. The highest BCUT2D eigenvalue weighted by molar-refractivity contribution is 6.33. The first-order valence-electron chi connectivity index (χ1n) is 4.38. The predicted octanol–water partition coefficient (Wildman–Crippen LogP) is 3.16. The summed E-state index contributed by atoms with van der Waals surface area (Å²) in [5, 5.41) is 10.6. The van der Waals surface area contributed by atoms with Crippen LogP contribution in [0.5, 0.6) is 0 Å². The van der Waals surface area contributed by atoms with E-state index >= 15 is 0 Å².